The summed E-state index contributed by atoms with van der Waals surface area (Å²) in [4.78, 5) is 24.3. The van der Waals surface area contributed by atoms with Crippen molar-refractivity contribution in [2.45, 2.75) is 63.2 Å². The molecule has 8 heteroatoms. The Labute approximate surface area is 176 Å². The zero-order chi connectivity index (χ0) is 20.6. The van der Waals surface area contributed by atoms with Crippen LogP contribution in [0.25, 0.3) is 0 Å². The zero-order valence-electron chi connectivity index (χ0n) is 16.5. The van der Waals surface area contributed by atoms with Crippen molar-refractivity contribution in [1.82, 2.24) is 10.6 Å². The van der Waals surface area contributed by atoms with Gasteiger partial charge in [0, 0.05) is 23.2 Å². The van der Waals surface area contributed by atoms with Crippen LogP contribution in [0.3, 0.4) is 0 Å². The number of benzene rings is 1. The molecule has 160 valence electrons. The molecular formula is C21H30ClN3O4. The highest BCUT2D eigenvalue weighted by atomic mass is 35.5. The van der Waals surface area contributed by atoms with Gasteiger partial charge in [0.05, 0.1) is 18.8 Å². The van der Waals surface area contributed by atoms with Crippen LogP contribution in [0.4, 0.5) is 10.5 Å². The third-order valence-electron chi connectivity index (χ3n) is 5.70. The van der Waals surface area contributed by atoms with Gasteiger partial charge in [-0.25, -0.2) is 4.79 Å². The highest BCUT2D eigenvalue weighted by Crippen LogP contribution is 2.27. The number of halogens is 1. The predicted octanol–water partition coefficient (Wildman–Crippen LogP) is 3.07. The number of rotatable bonds is 7. The van der Waals surface area contributed by atoms with E-state index < -0.39 is 6.10 Å². The molecule has 0 unspecified atom stereocenters. The summed E-state index contributed by atoms with van der Waals surface area (Å²) in [5, 5.41) is 18.9. The molecule has 1 aromatic rings. The predicted molar refractivity (Wildman–Crippen MR) is 112 cm³/mol. The number of urea groups is 1. The molecule has 1 saturated heterocycles. The molecule has 3 rings (SSSR count). The maximum Gasteiger partial charge on any atom is 0.319 e. The molecule has 0 aromatic heterocycles. The Morgan fingerprint density at radius 1 is 1.10 bits per heavy atom. The van der Waals surface area contributed by atoms with Crippen molar-refractivity contribution in [2.75, 3.05) is 18.5 Å². The number of carbonyl (C=O) groups excluding carboxylic acids is 2. The van der Waals surface area contributed by atoms with Gasteiger partial charge in [-0.2, -0.15) is 0 Å². The topological polar surface area (TPSA) is 99.7 Å². The van der Waals surface area contributed by atoms with E-state index in [2.05, 4.69) is 16.0 Å². The van der Waals surface area contributed by atoms with E-state index in [1.807, 2.05) is 0 Å². The third kappa shape index (κ3) is 6.59. The van der Waals surface area contributed by atoms with Gasteiger partial charge in [0.15, 0.2) is 0 Å². The quantitative estimate of drug-likeness (QED) is 0.541. The summed E-state index contributed by atoms with van der Waals surface area (Å²) < 4.78 is 5.97. The number of nitrogens with one attached hydrogen (secondary N) is 3. The van der Waals surface area contributed by atoms with E-state index in [-0.39, 0.29) is 36.6 Å². The van der Waals surface area contributed by atoms with E-state index in [1.165, 1.54) is 0 Å². The monoisotopic (exact) mass is 423 g/mol. The van der Waals surface area contributed by atoms with Crippen LogP contribution in [0.1, 0.15) is 44.9 Å². The molecule has 0 bridgehead atoms. The molecule has 7 nitrogen and oxygen atoms in total. The second kappa shape index (κ2) is 10.8. The lowest BCUT2D eigenvalue weighted by molar-refractivity contribution is -0.131. The van der Waals surface area contributed by atoms with Gasteiger partial charge in [-0.15, -0.1) is 0 Å². The Bertz CT molecular complexity index is 679. The molecular weight excluding hydrogens is 394 g/mol. The van der Waals surface area contributed by atoms with Gasteiger partial charge in [-0.1, -0.05) is 24.4 Å². The minimum Gasteiger partial charge on any atom is -0.394 e. The van der Waals surface area contributed by atoms with Crippen molar-refractivity contribution in [2.24, 2.45) is 5.92 Å². The molecule has 29 heavy (non-hydrogen) atoms. The first kappa shape index (κ1) is 21.9. The summed E-state index contributed by atoms with van der Waals surface area (Å²) in [6, 6.07) is 6.46. The fourth-order valence-electron chi connectivity index (χ4n) is 4.05. The van der Waals surface area contributed by atoms with Crippen molar-refractivity contribution >= 4 is 29.2 Å². The molecule has 4 N–H and O–H groups in total. The molecule has 1 aliphatic heterocycles. The minimum absolute atomic E-state index is 0.0531. The average Bonchev–Trinajstić information content (AvgIpc) is 3.26. The maximum absolute atomic E-state index is 12.4. The lowest BCUT2D eigenvalue weighted by Crippen LogP contribution is -2.52. The molecule has 1 heterocycles. The first-order valence-corrected chi connectivity index (χ1v) is 10.8. The molecule has 3 atom stereocenters. The standard InChI is InChI=1S/C21H30ClN3O4/c22-15-5-7-16(8-6-15)24-21(28)23-12-11-17-9-10-18(19(13-26)29-17)25-20(27)14-3-1-2-4-14/h5-8,14,17-19,26H,1-4,9-13H2,(H,25,27)(H2,23,24,28)/t17-,18-,19+/m0/s1. The highest BCUT2D eigenvalue weighted by molar-refractivity contribution is 6.30. The number of hydrogen-bond acceptors (Lipinski definition) is 4. The van der Waals surface area contributed by atoms with Gasteiger partial charge < -0.3 is 25.8 Å². The van der Waals surface area contributed by atoms with E-state index >= 15 is 0 Å². The van der Waals surface area contributed by atoms with Crippen LogP contribution in [-0.4, -0.2) is 48.4 Å². The van der Waals surface area contributed by atoms with Crippen molar-refractivity contribution in [1.29, 1.82) is 0 Å². The number of anilines is 1. The molecule has 2 aliphatic rings. The van der Waals surface area contributed by atoms with Crippen LogP contribution in [0.15, 0.2) is 24.3 Å². The van der Waals surface area contributed by atoms with Crippen LogP contribution >= 0.6 is 11.6 Å². The van der Waals surface area contributed by atoms with E-state index in [9.17, 15) is 14.7 Å². The lowest BCUT2D eigenvalue weighted by atomic mass is 9.96. The molecule has 0 spiro atoms. The van der Waals surface area contributed by atoms with Gasteiger partial charge >= 0.3 is 6.03 Å². The molecule has 1 saturated carbocycles. The SMILES string of the molecule is O=C(NCC[C@@H]1CC[C@H](NC(=O)C2CCCC2)[C@@H](CO)O1)Nc1ccc(Cl)cc1. The first-order chi connectivity index (χ1) is 14.0. The first-order valence-electron chi connectivity index (χ1n) is 10.4. The molecule has 0 radical (unpaired) electrons. The summed E-state index contributed by atoms with van der Waals surface area (Å²) in [5.41, 5.74) is 0.669. The van der Waals surface area contributed by atoms with E-state index in [0.29, 0.717) is 23.7 Å². The Kier molecular flexibility index (Phi) is 8.15. The summed E-state index contributed by atoms with van der Waals surface area (Å²) >= 11 is 5.83. The molecule has 1 aliphatic carbocycles. The minimum atomic E-state index is -0.401. The van der Waals surface area contributed by atoms with Crippen LogP contribution in [-0.2, 0) is 9.53 Å². The number of ether oxygens (including phenoxy) is 1. The number of amides is 3. The van der Waals surface area contributed by atoms with Gasteiger partial charge in [0.25, 0.3) is 0 Å². The fraction of sp³-hybridized carbons (Fsp3) is 0.619. The second-order valence-electron chi connectivity index (χ2n) is 7.83. The van der Waals surface area contributed by atoms with Crippen LogP contribution in [0.2, 0.25) is 5.02 Å². The second-order valence-corrected chi connectivity index (χ2v) is 8.27. The fourth-order valence-corrected chi connectivity index (χ4v) is 4.18. The summed E-state index contributed by atoms with van der Waals surface area (Å²) in [6.45, 7) is 0.331. The lowest BCUT2D eigenvalue weighted by Gasteiger charge is -2.36. The average molecular weight is 424 g/mol. The zero-order valence-corrected chi connectivity index (χ0v) is 17.3. The van der Waals surface area contributed by atoms with E-state index in [0.717, 1.165) is 38.5 Å². The number of carbonyl (C=O) groups is 2. The third-order valence-corrected chi connectivity index (χ3v) is 5.96. The van der Waals surface area contributed by atoms with Crippen molar-refractivity contribution in [3.63, 3.8) is 0 Å². The van der Waals surface area contributed by atoms with Gasteiger partial charge in [-0.05, 0) is 56.4 Å². The van der Waals surface area contributed by atoms with Gasteiger partial charge in [-0.3, -0.25) is 4.79 Å². The summed E-state index contributed by atoms with van der Waals surface area (Å²) in [5.74, 6) is 0.198. The number of aliphatic hydroxyl groups excluding tert-OH is 1. The Morgan fingerprint density at radius 3 is 2.52 bits per heavy atom. The number of hydrogen-bond donors (Lipinski definition) is 4. The van der Waals surface area contributed by atoms with Crippen molar-refractivity contribution < 1.29 is 19.4 Å². The Morgan fingerprint density at radius 2 is 1.83 bits per heavy atom. The van der Waals surface area contributed by atoms with Crippen molar-refractivity contribution in [3.05, 3.63) is 29.3 Å². The van der Waals surface area contributed by atoms with Gasteiger partial charge in [0.1, 0.15) is 6.10 Å². The molecule has 2 fully saturated rings. The molecule has 3 amide bonds. The largest absolute Gasteiger partial charge is 0.394 e. The van der Waals surface area contributed by atoms with Crippen LogP contribution < -0.4 is 16.0 Å². The highest BCUT2D eigenvalue weighted by Gasteiger charge is 2.33. The Balaban J connectivity index is 1.37. The van der Waals surface area contributed by atoms with E-state index in [1.54, 1.807) is 24.3 Å². The summed E-state index contributed by atoms with van der Waals surface area (Å²) in [7, 11) is 0. The van der Waals surface area contributed by atoms with Gasteiger partial charge in [0.2, 0.25) is 5.91 Å². The smallest absolute Gasteiger partial charge is 0.319 e. The van der Waals surface area contributed by atoms with Crippen LogP contribution in [0.5, 0.6) is 0 Å². The summed E-state index contributed by atoms with van der Waals surface area (Å²) in [6.07, 6.45) is 5.88. The Hall–Kier alpha value is -1.83. The molecule has 1 aromatic carbocycles. The van der Waals surface area contributed by atoms with Crippen molar-refractivity contribution in [3.8, 4) is 0 Å². The normalized spacial score (nSPS) is 24.8. The maximum atomic E-state index is 12.4. The van der Waals surface area contributed by atoms with Crippen LogP contribution in [0, 0.1) is 5.92 Å². The van der Waals surface area contributed by atoms with E-state index in [4.69, 9.17) is 16.3 Å². The number of aliphatic hydroxyl groups is 1.